The highest BCUT2D eigenvalue weighted by atomic mass is 35.5. The molecule has 0 bridgehead atoms. The number of halogens is 2. The SMILES string of the molecule is CC[C@@H](NC(=O)c1ccc(NCc2ccc(Cl)c(Cl)c2)c(N)c1)c1ccccc1. The normalized spacial score (nSPS) is 11.7. The van der Waals surface area contributed by atoms with E-state index < -0.39 is 0 Å². The Morgan fingerprint density at radius 2 is 1.76 bits per heavy atom. The third-order valence-corrected chi connectivity index (χ3v) is 5.44. The van der Waals surface area contributed by atoms with Crippen molar-refractivity contribution in [1.29, 1.82) is 0 Å². The van der Waals surface area contributed by atoms with Crippen molar-refractivity contribution >= 4 is 40.5 Å². The summed E-state index contributed by atoms with van der Waals surface area (Å²) in [5, 5.41) is 7.36. The van der Waals surface area contributed by atoms with Gasteiger partial charge in [0.25, 0.3) is 5.91 Å². The summed E-state index contributed by atoms with van der Waals surface area (Å²) in [7, 11) is 0. The van der Waals surface area contributed by atoms with Gasteiger partial charge in [-0.3, -0.25) is 4.79 Å². The predicted octanol–water partition coefficient (Wildman–Crippen LogP) is 6.07. The monoisotopic (exact) mass is 427 g/mol. The van der Waals surface area contributed by atoms with Crippen LogP contribution in [0.1, 0.15) is 40.9 Å². The van der Waals surface area contributed by atoms with Crippen LogP contribution in [-0.4, -0.2) is 5.91 Å². The Balaban J connectivity index is 1.66. The van der Waals surface area contributed by atoms with Crippen LogP contribution in [0.2, 0.25) is 10.0 Å². The first-order chi connectivity index (χ1) is 14.0. The number of anilines is 2. The summed E-state index contributed by atoms with van der Waals surface area (Å²) >= 11 is 12.0. The standard InChI is InChI=1S/C23H23Cl2N3O/c1-2-21(16-6-4-3-5-7-16)28-23(29)17-9-11-22(20(26)13-17)27-14-15-8-10-18(24)19(25)12-15/h3-13,21,27H,2,14,26H2,1H3,(H,28,29)/t21-/m1/s1. The van der Waals surface area contributed by atoms with Crippen LogP contribution in [0.15, 0.2) is 66.7 Å². The van der Waals surface area contributed by atoms with Crippen LogP contribution in [0.3, 0.4) is 0 Å². The molecule has 3 aromatic rings. The van der Waals surface area contributed by atoms with Gasteiger partial charge in [-0.1, -0.05) is 66.5 Å². The lowest BCUT2D eigenvalue weighted by molar-refractivity contribution is 0.0935. The fourth-order valence-electron chi connectivity index (χ4n) is 3.06. The van der Waals surface area contributed by atoms with E-state index in [1.807, 2.05) is 55.5 Å². The minimum atomic E-state index is -0.150. The smallest absolute Gasteiger partial charge is 0.251 e. The quantitative estimate of drug-likeness (QED) is 0.400. The molecule has 3 rings (SSSR count). The molecule has 0 saturated heterocycles. The Labute approximate surface area is 181 Å². The Bertz CT molecular complexity index is 993. The molecule has 0 radical (unpaired) electrons. The first kappa shape index (κ1) is 21.0. The molecular formula is C23H23Cl2N3O. The van der Waals surface area contributed by atoms with Crippen LogP contribution in [-0.2, 0) is 6.54 Å². The van der Waals surface area contributed by atoms with E-state index in [0.29, 0.717) is 27.8 Å². The number of hydrogen-bond donors (Lipinski definition) is 3. The van der Waals surface area contributed by atoms with Crippen molar-refractivity contribution < 1.29 is 4.79 Å². The zero-order chi connectivity index (χ0) is 20.8. The predicted molar refractivity (Wildman–Crippen MR) is 122 cm³/mol. The van der Waals surface area contributed by atoms with Crippen LogP contribution in [0.5, 0.6) is 0 Å². The van der Waals surface area contributed by atoms with Crippen molar-refractivity contribution in [2.75, 3.05) is 11.1 Å². The molecule has 0 aliphatic carbocycles. The number of nitrogens with two attached hydrogens (primary N) is 1. The molecule has 150 valence electrons. The van der Waals surface area contributed by atoms with E-state index >= 15 is 0 Å². The summed E-state index contributed by atoms with van der Waals surface area (Å²) in [6.45, 7) is 2.58. The van der Waals surface area contributed by atoms with Gasteiger partial charge in [0.1, 0.15) is 0 Å². The lowest BCUT2D eigenvalue weighted by Gasteiger charge is -2.18. The molecule has 0 aromatic heterocycles. The van der Waals surface area contributed by atoms with Gasteiger partial charge in [0.05, 0.1) is 27.5 Å². The fraction of sp³-hybridized carbons (Fsp3) is 0.174. The number of nitrogen functional groups attached to an aromatic ring is 1. The van der Waals surface area contributed by atoms with E-state index in [0.717, 1.165) is 23.2 Å². The first-order valence-electron chi connectivity index (χ1n) is 9.41. The van der Waals surface area contributed by atoms with Gasteiger partial charge in [-0.25, -0.2) is 0 Å². The maximum atomic E-state index is 12.7. The maximum absolute atomic E-state index is 12.7. The van der Waals surface area contributed by atoms with Gasteiger partial charge in [-0.2, -0.15) is 0 Å². The number of carbonyl (C=O) groups is 1. The third-order valence-electron chi connectivity index (χ3n) is 4.70. The highest BCUT2D eigenvalue weighted by Crippen LogP contribution is 2.25. The molecule has 6 heteroatoms. The number of rotatable bonds is 7. The minimum Gasteiger partial charge on any atom is -0.397 e. The summed E-state index contributed by atoms with van der Waals surface area (Å²) in [6, 6.07) is 20.6. The summed E-state index contributed by atoms with van der Waals surface area (Å²) in [5.41, 5.74) is 10.0. The molecule has 1 atom stereocenters. The molecule has 0 spiro atoms. The Morgan fingerprint density at radius 1 is 1.00 bits per heavy atom. The summed E-state index contributed by atoms with van der Waals surface area (Å²) in [5.74, 6) is -0.150. The number of amides is 1. The Kier molecular flexibility index (Phi) is 7.02. The number of nitrogens with one attached hydrogen (secondary N) is 2. The zero-order valence-corrected chi connectivity index (χ0v) is 17.6. The van der Waals surface area contributed by atoms with Gasteiger partial charge in [0.2, 0.25) is 0 Å². The Hall–Kier alpha value is -2.69. The van der Waals surface area contributed by atoms with E-state index in [1.165, 1.54) is 0 Å². The maximum Gasteiger partial charge on any atom is 0.251 e. The molecule has 4 nitrogen and oxygen atoms in total. The molecule has 1 amide bonds. The lowest BCUT2D eigenvalue weighted by Crippen LogP contribution is -2.28. The highest BCUT2D eigenvalue weighted by molar-refractivity contribution is 6.42. The van der Waals surface area contributed by atoms with E-state index in [2.05, 4.69) is 10.6 Å². The molecule has 0 unspecified atom stereocenters. The molecule has 4 N–H and O–H groups in total. The molecule has 0 aliphatic rings. The van der Waals surface area contributed by atoms with Gasteiger partial charge in [-0.15, -0.1) is 0 Å². The van der Waals surface area contributed by atoms with Crippen molar-refractivity contribution in [2.45, 2.75) is 25.9 Å². The lowest BCUT2D eigenvalue weighted by atomic mass is 10.0. The summed E-state index contributed by atoms with van der Waals surface area (Å²) < 4.78 is 0. The molecule has 0 fully saturated rings. The van der Waals surface area contributed by atoms with Gasteiger partial charge >= 0.3 is 0 Å². The van der Waals surface area contributed by atoms with Crippen LogP contribution < -0.4 is 16.4 Å². The average molecular weight is 428 g/mol. The van der Waals surface area contributed by atoms with Crippen molar-refractivity contribution in [3.8, 4) is 0 Å². The van der Waals surface area contributed by atoms with Crippen molar-refractivity contribution in [2.24, 2.45) is 0 Å². The average Bonchev–Trinajstić information content (AvgIpc) is 2.74. The van der Waals surface area contributed by atoms with Crippen LogP contribution in [0.4, 0.5) is 11.4 Å². The third kappa shape index (κ3) is 5.43. The van der Waals surface area contributed by atoms with Gasteiger partial charge in [0, 0.05) is 12.1 Å². The molecular weight excluding hydrogens is 405 g/mol. The Morgan fingerprint density at radius 3 is 2.41 bits per heavy atom. The first-order valence-corrected chi connectivity index (χ1v) is 10.2. The van der Waals surface area contributed by atoms with Gasteiger partial charge < -0.3 is 16.4 Å². The number of carbonyl (C=O) groups excluding carboxylic acids is 1. The molecule has 3 aromatic carbocycles. The molecule has 0 aliphatic heterocycles. The van der Waals surface area contributed by atoms with E-state index in [4.69, 9.17) is 28.9 Å². The fourth-order valence-corrected chi connectivity index (χ4v) is 3.38. The summed E-state index contributed by atoms with van der Waals surface area (Å²) in [6.07, 6.45) is 0.800. The zero-order valence-electron chi connectivity index (χ0n) is 16.1. The second-order valence-corrected chi connectivity index (χ2v) is 7.56. The van der Waals surface area contributed by atoms with E-state index in [-0.39, 0.29) is 11.9 Å². The second kappa shape index (κ2) is 9.68. The highest BCUT2D eigenvalue weighted by Gasteiger charge is 2.15. The van der Waals surface area contributed by atoms with E-state index in [1.54, 1.807) is 18.2 Å². The molecule has 0 saturated carbocycles. The van der Waals surface area contributed by atoms with Crippen LogP contribution >= 0.6 is 23.2 Å². The minimum absolute atomic E-state index is 0.0441. The van der Waals surface area contributed by atoms with Crippen molar-refractivity contribution in [3.05, 3.63) is 93.5 Å². The number of benzene rings is 3. The van der Waals surface area contributed by atoms with Crippen molar-refractivity contribution in [1.82, 2.24) is 5.32 Å². The van der Waals surface area contributed by atoms with Gasteiger partial charge in [-0.05, 0) is 47.9 Å². The molecule has 0 heterocycles. The van der Waals surface area contributed by atoms with Gasteiger partial charge in [0.15, 0.2) is 0 Å². The largest absolute Gasteiger partial charge is 0.397 e. The summed E-state index contributed by atoms with van der Waals surface area (Å²) in [4.78, 5) is 12.7. The van der Waals surface area contributed by atoms with Crippen molar-refractivity contribution in [3.63, 3.8) is 0 Å². The second-order valence-electron chi connectivity index (χ2n) is 6.75. The topological polar surface area (TPSA) is 67.2 Å². The van der Waals surface area contributed by atoms with Crippen LogP contribution in [0, 0.1) is 0 Å². The molecule has 29 heavy (non-hydrogen) atoms. The van der Waals surface area contributed by atoms with E-state index in [9.17, 15) is 4.79 Å². The van der Waals surface area contributed by atoms with Crippen LogP contribution in [0.25, 0.3) is 0 Å². The number of hydrogen-bond acceptors (Lipinski definition) is 3.